The Bertz CT molecular complexity index is 558. The van der Waals surface area contributed by atoms with E-state index in [-0.39, 0.29) is 5.69 Å². The normalized spacial score (nSPS) is 10.2. The van der Waals surface area contributed by atoms with Crippen molar-refractivity contribution < 1.29 is 14.6 Å². The Balaban J connectivity index is 2.57. The molecule has 88 valence electrons. The van der Waals surface area contributed by atoms with E-state index in [1.807, 2.05) is 24.3 Å². The van der Waals surface area contributed by atoms with Crippen molar-refractivity contribution in [2.75, 3.05) is 7.11 Å². The van der Waals surface area contributed by atoms with Gasteiger partial charge in [-0.1, -0.05) is 12.1 Å². The summed E-state index contributed by atoms with van der Waals surface area (Å²) in [6.45, 7) is 0. The van der Waals surface area contributed by atoms with Gasteiger partial charge in [0.15, 0.2) is 0 Å². The van der Waals surface area contributed by atoms with Crippen LogP contribution in [0.2, 0.25) is 0 Å². The molecule has 0 atom stereocenters. The predicted molar refractivity (Wildman–Crippen MR) is 64.4 cm³/mol. The fraction of sp³-hybridized carbons (Fsp3) is 0.154. The van der Waals surface area contributed by atoms with Crippen molar-refractivity contribution in [2.45, 2.75) is 0 Å². The fourth-order valence-corrected chi connectivity index (χ4v) is 1.85. The molecule has 0 aliphatic rings. The second-order valence-corrected chi connectivity index (χ2v) is 3.67. The molecule has 1 aromatic heterocycles. The van der Waals surface area contributed by atoms with Gasteiger partial charge in [0.2, 0.25) is 0 Å². The molecule has 0 unspecified atom stereocenters. The first-order valence-corrected chi connectivity index (χ1v) is 5.17. The minimum atomic E-state index is -0.936. The van der Waals surface area contributed by atoms with Gasteiger partial charge in [0, 0.05) is 12.6 Å². The molecule has 2 aromatic rings. The highest BCUT2D eigenvalue weighted by Crippen LogP contribution is 2.30. The number of rotatable bonds is 3. The van der Waals surface area contributed by atoms with Gasteiger partial charge in [0.05, 0.1) is 12.8 Å². The molecule has 0 aliphatic heterocycles. The lowest BCUT2D eigenvalue weighted by molar-refractivity contribution is 0.0686. The highest BCUT2D eigenvalue weighted by atomic mass is 16.5. The summed E-state index contributed by atoms with van der Waals surface area (Å²) in [7, 11) is 3.32. The molecule has 2 rings (SSSR count). The third kappa shape index (κ3) is 1.89. The van der Waals surface area contributed by atoms with Crippen LogP contribution in [0.15, 0.2) is 36.4 Å². The molecular formula is C13H13NO3. The van der Waals surface area contributed by atoms with Crippen LogP contribution in [0.4, 0.5) is 0 Å². The third-order valence-corrected chi connectivity index (χ3v) is 2.72. The van der Waals surface area contributed by atoms with Gasteiger partial charge >= 0.3 is 5.97 Å². The van der Waals surface area contributed by atoms with Crippen molar-refractivity contribution in [2.24, 2.45) is 7.05 Å². The Morgan fingerprint density at radius 2 is 1.94 bits per heavy atom. The van der Waals surface area contributed by atoms with E-state index in [0.717, 1.165) is 17.0 Å². The number of aromatic carboxylic acids is 1. The van der Waals surface area contributed by atoms with Gasteiger partial charge in [0.1, 0.15) is 11.4 Å². The molecule has 1 aromatic carbocycles. The molecule has 0 radical (unpaired) electrons. The minimum Gasteiger partial charge on any atom is -0.496 e. The molecule has 0 fully saturated rings. The monoisotopic (exact) mass is 231 g/mol. The average molecular weight is 231 g/mol. The van der Waals surface area contributed by atoms with Crippen molar-refractivity contribution in [3.05, 3.63) is 42.1 Å². The third-order valence-electron chi connectivity index (χ3n) is 2.72. The lowest BCUT2D eigenvalue weighted by Gasteiger charge is -2.09. The number of nitrogens with zero attached hydrogens (tertiary/aromatic N) is 1. The van der Waals surface area contributed by atoms with Gasteiger partial charge in [-0.15, -0.1) is 0 Å². The number of carboxylic acids is 1. The first kappa shape index (κ1) is 11.3. The van der Waals surface area contributed by atoms with Crippen LogP contribution in [-0.2, 0) is 7.05 Å². The number of carbonyl (C=O) groups is 1. The summed E-state index contributed by atoms with van der Waals surface area (Å²) in [5.41, 5.74) is 1.95. The molecule has 0 bridgehead atoms. The second kappa shape index (κ2) is 4.33. The van der Waals surface area contributed by atoms with Gasteiger partial charge in [-0.05, 0) is 24.3 Å². The Morgan fingerprint density at radius 1 is 1.24 bits per heavy atom. The zero-order valence-corrected chi connectivity index (χ0v) is 9.68. The molecule has 4 heteroatoms. The standard InChI is InChI=1S/C13H13NO3/c1-14-10(7-8-11(14)13(15)16)9-5-3-4-6-12(9)17-2/h3-8H,1-2H3,(H,15,16). The van der Waals surface area contributed by atoms with Gasteiger partial charge in [0.25, 0.3) is 0 Å². The highest BCUT2D eigenvalue weighted by molar-refractivity contribution is 5.87. The summed E-state index contributed by atoms with van der Waals surface area (Å²) in [5.74, 6) is -0.209. The van der Waals surface area contributed by atoms with Crippen LogP contribution in [0, 0.1) is 0 Å². The molecule has 17 heavy (non-hydrogen) atoms. The Kier molecular flexibility index (Phi) is 2.87. The number of benzene rings is 1. The van der Waals surface area contributed by atoms with Crippen LogP contribution >= 0.6 is 0 Å². The zero-order valence-electron chi connectivity index (χ0n) is 9.68. The number of para-hydroxylation sites is 1. The van der Waals surface area contributed by atoms with Gasteiger partial charge in [-0.25, -0.2) is 4.79 Å². The fourth-order valence-electron chi connectivity index (χ4n) is 1.85. The number of hydrogen-bond donors (Lipinski definition) is 1. The molecular weight excluding hydrogens is 218 g/mol. The largest absolute Gasteiger partial charge is 0.496 e. The molecule has 0 saturated heterocycles. The maximum Gasteiger partial charge on any atom is 0.352 e. The van der Waals surface area contributed by atoms with E-state index in [9.17, 15) is 4.79 Å². The van der Waals surface area contributed by atoms with E-state index in [1.165, 1.54) is 0 Å². The van der Waals surface area contributed by atoms with Crippen molar-refractivity contribution in [1.82, 2.24) is 4.57 Å². The summed E-state index contributed by atoms with van der Waals surface area (Å²) in [6.07, 6.45) is 0. The highest BCUT2D eigenvalue weighted by Gasteiger charge is 2.14. The lowest BCUT2D eigenvalue weighted by Crippen LogP contribution is -2.05. The maximum atomic E-state index is 11.0. The van der Waals surface area contributed by atoms with Crippen LogP contribution in [0.5, 0.6) is 5.75 Å². The van der Waals surface area contributed by atoms with E-state index in [1.54, 1.807) is 30.9 Å². The molecule has 0 aliphatic carbocycles. The quantitative estimate of drug-likeness (QED) is 0.882. The van der Waals surface area contributed by atoms with Crippen LogP contribution < -0.4 is 4.74 Å². The van der Waals surface area contributed by atoms with E-state index < -0.39 is 5.97 Å². The van der Waals surface area contributed by atoms with Crippen LogP contribution in [0.25, 0.3) is 11.3 Å². The lowest BCUT2D eigenvalue weighted by atomic mass is 10.1. The van der Waals surface area contributed by atoms with E-state index in [2.05, 4.69) is 0 Å². The summed E-state index contributed by atoms with van der Waals surface area (Å²) in [6, 6.07) is 10.9. The van der Waals surface area contributed by atoms with E-state index >= 15 is 0 Å². The SMILES string of the molecule is COc1ccccc1-c1ccc(C(=O)O)n1C. The van der Waals surface area contributed by atoms with Gasteiger partial charge < -0.3 is 14.4 Å². The molecule has 0 amide bonds. The molecule has 1 N–H and O–H groups in total. The number of methoxy groups -OCH3 is 1. The van der Waals surface area contributed by atoms with Gasteiger partial charge in [-0.2, -0.15) is 0 Å². The predicted octanol–water partition coefficient (Wildman–Crippen LogP) is 2.40. The summed E-state index contributed by atoms with van der Waals surface area (Å²) in [5, 5.41) is 9.00. The Morgan fingerprint density at radius 3 is 2.53 bits per heavy atom. The molecule has 0 spiro atoms. The zero-order chi connectivity index (χ0) is 12.4. The van der Waals surface area contributed by atoms with Crippen molar-refractivity contribution >= 4 is 5.97 Å². The first-order chi connectivity index (χ1) is 8.15. The summed E-state index contributed by atoms with van der Waals surface area (Å²) < 4.78 is 6.90. The topological polar surface area (TPSA) is 51.5 Å². The van der Waals surface area contributed by atoms with Crippen molar-refractivity contribution in [3.63, 3.8) is 0 Å². The number of hydrogen-bond acceptors (Lipinski definition) is 2. The van der Waals surface area contributed by atoms with Crippen molar-refractivity contribution in [3.8, 4) is 17.0 Å². The van der Waals surface area contributed by atoms with E-state index in [4.69, 9.17) is 9.84 Å². The molecule has 1 heterocycles. The Hall–Kier alpha value is -2.23. The number of ether oxygens (including phenoxy) is 1. The van der Waals surface area contributed by atoms with Crippen LogP contribution in [0.3, 0.4) is 0 Å². The Labute approximate surface area is 99.1 Å². The summed E-state index contributed by atoms with van der Waals surface area (Å²) >= 11 is 0. The number of aromatic nitrogens is 1. The smallest absolute Gasteiger partial charge is 0.352 e. The maximum absolute atomic E-state index is 11.0. The van der Waals surface area contributed by atoms with Crippen molar-refractivity contribution in [1.29, 1.82) is 0 Å². The first-order valence-electron chi connectivity index (χ1n) is 5.17. The van der Waals surface area contributed by atoms with Gasteiger partial charge in [-0.3, -0.25) is 0 Å². The minimum absolute atomic E-state index is 0.255. The van der Waals surface area contributed by atoms with Crippen LogP contribution in [-0.4, -0.2) is 22.8 Å². The van der Waals surface area contributed by atoms with Crippen LogP contribution in [0.1, 0.15) is 10.5 Å². The number of carboxylic acid groups (broad SMARTS) is 1. The molecule has 0 saturated carbocycles. The average Bonchev–Trinajstić information content (AvgIpc) is 2.71. The molecule has 4 nitrogen and oxygen atoms in total. The second-order valence-electron chi connectivity index (χ2n) is 3.67. The van der Waals surface area contributed by atoms with E-state index in [0.29, 0.717) is 0 Å². The summed E-state index contributed by atoms with van der Waals surface area (Å²) in [4.78, 5) is 11.0.